The molecule has 1 aliphatic heterocycles. The summed E-state index contributed by atoms with van der Waals surface area (Å²) < 4.78 is 5.66. The van der Waals surface area contributed by atoms with Gasteiger partial charge in [0, 0.05) is 39.1 Å². The van der Waals surface area contributed by atoms with Crippen LogP contribution >= 0.6 is 0 Å². The minimum atomic E-state index is 0.111. The number of hydrogen-bond donors (Lipinski definition) is 2. The average molecular weight is 243 g/mol. The maximum Gasteiger partial charge on any atom is 0.221 e. The van der Waals surface area contributed by atoms with E-state index < -0.39 is 0 Å². The molecule has 1 fully saturated rings. The predicted octanol–water partition coefficient (Wildman–Crippen LogP) is -0.177. The van der Waals surface area contributed by atoms with Crippen LogP contribution < -0.4 is 10.6 Å². The van der Waals surface area contributed by atoms with E-state index in [9.17, 15) is 4.79 Å². The highest BCUT2D eigenvalue weighted by Gasteiger charge is 2.18. The minimum Gasteiger partial charge on any atom is -0.374 e. The molecule has 1 saturated heterocycles. The molecule has 0 spiro atoms. The Morgan fingerprint density at radius 3 is 3.00 bits per heavy atom. The number of nitrogens with one attached hydrogen (secondary N) is 2. The van der Waals surface area contributed by atoms with Crippen molar-refractivity contribution in [2.75, 3.05) is 45.9 Å². The lowest BCUT2D eigenvalue weighted by atomic mass is 10.2. The number of likely N-dealkylation sites (N-methyl/N-ethyl adjacent to an activating group) is 1. The molecule has 0 bridgehead atoms. The Kier molecular flexibility index (Phi) is 7.16. The second kappa shape index (κ2) is 8.44. The van der Waals surface area contributed by atoms with Crippen molar-refractivity contribution in [3.8, 4) is 0 Å². The van der Waals surface area contributed by atoms with Crippen LogP contribution in [0.25, 0.3) is 0 Å². The molecule has 1 atom stereocenters. The summed E-state index contributed by atoms with van der Waals surface area (Å²) in [4.78, 5) is 13.6. The highest BCUT2D eigenvalue weighted by atomic mass is 16.5. The van der Waals surface area contributed by atoms with Crippen LogP contribution in [0.15, 0.2) is 0 Å². The van der Waals surface area contributed by atoms with E-state index in [1.54, 1.807) is 0 Å². The van der Waals surface area contributed by atoms with Gasteiger partial charge < -0.3 is 15.4 Å². The number of morpholine rings is 1. The quantitative estimate of drug-likeness (QED) is 0.609. The van der Waals surface area contributed by atoms with E-state index in [4.69, 9.17) is 4.74 Å². The monoisotopic (exact) mass is 243 g/mol. The molecule has 100 valence electrons. The molecule has 5 nitrogen and oxygen atoms in total. The number of nitrogens with zero attached hydrogens (tertiary/aromatic N) is 1. The molecule has 1 unspecified atom stereocenters. The maximum atomic E-state index is 11.2. The van der Waals surface area contributed by atoms with E-state index in [1.807, 2.05) is 6.92 Å². The van der Waals surface area contributed by atoms with Crippen LogP contribution in [0.5, 0.6) is 0 Å². The Balaban J connectivity index is 2.04. The largest absolute Gasteiger partial charge is 0.374 e. The fraction of sp³-hybridized carbons (Fsp3) is 0.917. The normalized spacial score (nSPS) is 21.4. The molecule has 1 heterocycles. The van der Waals surface area contributed by atoms with Gasteiger partial charge >= 0.3 is 0 Å². The van der Waals surface area contributed by atoms with Crippen molar-refractivity contribution in [3.05, 3.63) is 0 Å². The molecule has 2 N–H and O–H groups in total. The van der Waals surface area contributed by atoms with Gasteiger partial charge in [0.15, 0.2) is 0 Å². The number of hydrogen-bond acceptors (Lipinski definition) is 4. The molecule has 1 amide bonds. The number of rotatable bonds is 7. The second-order valence-corrected chi connectivity index (χ2v) is 4.29. The third-order valence-electron chi connectivity index (χ3n) is 2.94. The maximum absolute atomic E-state index is 11.2. The summed E-state index contributed by atoms with van der Waals surface area (Å²) in [6.07, 6.45) is 0.802. The third-order valence-corrected chi connectivity index (χ3v) is 2.94. The van der Waals surface area contributed by atoms with Crippen molar-refractivity contribution in [1.29, 1.82) is 0 Å². The first-order chi connectivity index (χ1) is 8.26. The Morgan fingerprint density at radius 2 is 2.29 bits per heavy atom. The lowest BCUT2D eigenvalue weighted by Crippen LogP contribution is -2.46. The van der Waals surface area contributed by atoms with Gasteiger partial charge in [0.25, 0.3) is 0 Å². The van der Waals surface area contributed by atoms with Gasteiger partial charge in [-0.25, -0.2) is 0 Å². The van der Waals surface area contributed by atoms with E-state index in [2.05, 4.69) is 22.5 Å². The fourth-order valence-corrected chi connectivity index (χ4v) is 1.94. The lowest BCUT2D eigenvalue weighted by Gasteiger charge is -2.32. The molecular formula is C12H25N3O2. The van der Waals surface area contributed by atoms with Crippen LogP contribution in [0.4, 0.5) is 0 Å². The third kappa shape index (κ3) is 6.00. The molecule has 0 aromatic rings. The molecular weight excluding hydrogens is 218 g/mol. The molecule has 5 heteroatoms. The van der Waals surface area contributed by atoms with Crippen LogP contribution in [0, 0.1) is 0 Å². The first-order valence-electron chi connectivity index (χ1n) is 6.57. The minimum absolute atomic E-state index is 0.111. The Morgan fingerprint density at radius 1 is 1.47 bits per heavy atom. The van der Waals surface area contributed by atoms with Crippen LogP contribution in [0.3, 0.4) is 0 Å². The Hall–Kier alpha value is -0.650. The van der Waals surface area contributed by atoms with Crippen molar-refractivity contribution in [1.82, 2.24) is 15.5 Å². The SMILES string of the molecule is CCNC(=O)CCNCC1CN(CC)CCO1. The van der Waals surface area contributed by atoms with Gasteiger partial charge in [-0.2, -0.15) is 0 Å². The van der Waals surface area contributed by atoms with Crippen molar-refractivity contribution >= 4 is 5.91 Å². The van der Waals surface area contributed by atoms with Gasteiger partial charge in [-0.15, -0.1) is 0 Å². The average Bonchev–Trinajstić information content (AvgIpc) is 2.35. The molecule has 1 rings (SSSR count). The fourth-order valence-electron chi connectivity index (χ4n) is 1.94. The van der Waals surface area contributed by atoms with Gasteiger partial charge in [0.2, 0.25) is 5.91 Å². The highest BCUT2D eigenvalue weighted by Crippen LogP contribution is 2.03. The van der Waals surface area contributed by atoms with Gasteiger partial charge in [-0.1, -0.05) is 6.92 Å². The van der Waals surface area contributed by atoms with Crippen LogP contribution in [-0.4, -0.2) is 62.8 Å². The zero-order chi connectivity index (χ0) is 12.5. The van der Waals surface area contributed by atoms with Gasteiger partial charge in [-0.3, -0.25) is 9.69 Å². The van der Waals surface area contributed by atoms with Crippen molar-refractivity contribution in [2.24, 2.45) is 0 Å². The zero-order valence-electron chi connectivity index (χ0n) is 11.0. The van der Waals surface area contributed by atoms with Gasteiger partial charge in [0.1, 0.15) is 0 Å². The van der Waals surface area contributed by atoms with E-state index in [0.29, 0.717) is 13.0 Å². The van der Waals surface area contributed by atoms with Gasteiger partial charge in [0.05, 0.1) is 12.7 Å². The Labute approximate surface area is 104 Å². The molecule has 0 aliphatic carbocycles. The molecule has 17 heavy (non-hydrogen) atoms. The second-order valence-electron chi connectivity index (χ2n) is 4.29. The molecule has 1 aliphatic rings. The summed E-state index contributed by atoms with van der Waals surface area (Å²) in [5.41, 5.74) is 0. The first kappa shape index (κ1) is 14.4. The van der Waals surface area contributed by atoms with Crippen LogP contribution in [-0.2, 0) is 9.53 Å². The van der Waals surface area contributed by atoms with Gasteiger partial charge in [-0.05, 0) is 13.5 Å². The summed E-state index contributed by atoms with van der Waals surface area (Å²) in [6.45, 7) is 10.3. The topological polar surface area (TPSA) is 53.6 Å². The standard InChI is InChI=1S/C12H25N3O2/c1-3-14-12(16)5-6-13-9-11-10-15(4-2)7-8-17-11/h11,13H,3-10H2,1-2H3,(H,14,16). The van der Waals surface area contributed by atoms with Crippen LogP contribution in [0.1, 0.15) is 20.3 Å². The zero-order valence-corrected chi connectivity index (χ0v) is 11.0. The summed E-state index contributed by atoms with van der Waals surface area (Å²) in [5, 5.41) is 6.06. The van der Waals surface area contributed by atoms with Crippen molar-refractivity contribution in [3.63, 3.8) is 0 Å². The summed E-state index contributed by atoms with van der Waals surface area (Å²) >= 11 is 0. The summed E-state index contributed by atoms with van der Waals surface area (Å²) in [6, 6.07) is 0. The number of carbonyl (C=O) groups is 1. The Bertz CT molecular complexity index is 224. The van der Waals surface area contributed by atoms with E-state index in [1.165, 1.54) is 0 Å². The number of ether oxygens (including phenoxy) is 1. The lowest BCUT2D eigenvalue weighted by molar-refractivity contribution is -0.120. The number of amides is 1. The predicted molar refractivity (Wildman–Crippen MR) is 68.0 cm³/mol. The highest BCUT2D eigenvalue weighted by molar-refractivity contribution is 5.75. The number of carbonyl (C=O) groups excluding carboxylic acids is 1. The van der Waals surface area contributed by atoms with Crippen LogP contribution in [0.2, 0.25) is 0 Å². The molecule has 0 aromatic heterocycles. The van der Waals surface area contributed by atoms with E-state index in [0.717, 1.165) is 39.3 Å². The first-order valence-corrected chi connectivity index (χ1v) is 6.57. The molecule has 0 saturated carbocycles. The molecule has 0 radical (unpaired) electrons. The smallest absolute Gasteiger partial charge is 0.221 e. The van der Waals surface area contributed by atoms with Crippen molar-refractivity contribution in [2.45, 2.75) is 26.4 Å². The van der Waals surface area contributed by atoms with Crippen molar-refractivity contribution < 1.29 is 9.53 Å². The van der Waals surface area contributed by atoms with E-state index >= 15 is 0 Å². The summed E-state index contributed by atoms with van der Waals surface area (Å²) in [5.74, 6) is 0.111. The summed E-state index contributed by atoms with van der Waals surface area (Å²) in [7, 11) is 0. The molecule has 0 aromatic carbocycles. The van der Waals surface area contributed by atoms with E-state index in [-0.39, 0.29) is 12.0 Å².